The van der Waals surface area contributed by atoms with Crippen LogP contribution in [-0.2, 0) is 36.3 Å². The molecule has 3 aliphatic rings. The van der Waals surface area contributed by atoms with Gasteiger partial charge in [0.15, 0.2) is 9.84 Å². The molecule has 5 rings (SSSR count). The highest BCUT2D eigenvalue weighted by Crippen LogP contribution is 2.57. The van der Waals surface area contributed by atoms with Gasteiger partial charge in [0.2, 0.25) is 5.91 Å². The van der Waals surface area contributed by atoms with E-state index in [1.807, 2.05) is 0 Å². The van der Waals surface area contributed by atoms with E-state index in [9.17, 15) is 58.2 Å². The Bertz CT molecular complexity index is 1560. The highest BCUT2D eigenvalue weighted by atomic mass is 32.2. The first kappa shape index (κ1) is 32.2. The summed E-state index contributed by atoms with van der Waals surface area (Å²) in [6.45, 7) is -0.155. The van der Waals surface area contributed by atoms with E-state index in [0.29, 0.717) is 25.3 Å². The van der Waals surface area contributed by atoms with Crippen molar-refractivity contribution in [2.45, 2.75) is 78.7 Å². The van der Waals surface area contributed by atoms with Crippen LogP contribution < -0.4 is 0 Å². The number of carbonyl (C=O) groups is 2. The monoisotopic (exact) mass is 653 g/mol. The number of nitrogens with zero attached hydrogens (tertiary/aromatic N) is 1. The van der Waals surface area contributed by atoms with Crippen LogP contribution in [0, 0.1) is 17.7 Å². The van der Waals surface area contributed by atoms with Gasteiger partial charge < -0.3 is 10.0 Å². The van der Waals surface area contributed by atoms with Crippen LogP contribution in [0.2, 0.25) is 0 Å². The van der Waals surface area contributed by atoms with E-state index >= 15 is 0 Å². The fourth-order valence-electron chi connectivity index (χ4n) is 7.19. The molecule has 1 aliphatic heterocycles. The Balaban J connectivity index is 1.65. The van der Waals surface area contributed by atoms with Crippen LogP contribution in [-0.4, -0.2) is 55.2 Å². The molecule has 44 heavy (non-hydrogen) atoms. The Morgan fingerprint density at radius 3 is 2.09 bits per heavy atom. The van der Waals surface area contributed by atoms with Crippen molar-refractivity contribution >= 4 is 21.7 Å². The molecular formula is C29H27F8NO5S. The Morgan fingerprint density at radius 2 is 1.50 bits per heavy atom. The van der Waals surface area contributed by atoms with Crippen molar-refractivity contribution in [3.05, 3.63) is 65.0 Å². The Hall–Kier alpha value is -3.23. The molecule has 2 unspecified atom stereocenters. The molecule has 1 saturated carbocycles. The molecule has 1 amide bonds. The highest BCUT2D eigenvalue weighted by molar-refractivity contribution is 7.92. The van der Waals surface area contributed by atoms with Crippen molar-refractivity contribution in [1.29, 1.82) is 0 Å². The molecule has 2 aromatic carbocycles. The predicted octanol–water partition coefficient (Wildman–Crippen LogP) is 6.22. The number of aryl methyl sites for hydroxylation is 1. The minimum Gasteiger partial charge on any atom is -0.481 e. The Morgan fingerprint density at radius 1 is 0.886 bits per heavy atom. The number of likely N-dealkylation sites (tertiary alicyclic amines) is 1. The third kappa shape index (κ3) is 4.76. The Labute approximate surface area is 247 Å². The maximum absolute atomic E-state index is 15.0. The van der Waals surface area contributed by atoms with Gasteiger partial charge in [-0.1, -0.05) is 24.6 Å². The molecule has 2 fully saturated rings. The molecule has 0 bridgehead atoms. The van der Waals surface area contributed by atoms with Crippen molar-refractivity contribution in [3.8, 4) is 0 Å². The van der Waals surface area contributed by atoms with Gasteiger partial charge in [-0.2, -0.15) is 26.3 Å². The van der Waals surface area contributed by atoms with E-state index in [-0.39, 0.29) is 54.3 Å². The standard InChI is InChI=1S/C29H27F8NO5S/c30-20-6-8-21(9-7-20)44(42,43)26-12-13-38(24(39)17-2-1-3-18(14-17)25(40)41)23(26)11-4-16-15-19(5-10-22(16)26)27(31,28(32,33)34)29(35,36)37/h5-10,15,17-18,23H,1-4,11-14H2,(H,40,41)/t17?,18?,23-,26-/m1/s1. The second kappa shape index (κ2) is 10.7. The third-order valence-corrected chi connectivity index (χ3v) is 11.9. The summed E-state index contributed by atoms with van der Waals surface area (Å²) in [5.74, 6) is -3.83. The van der Waals surface area contributed by atoms with Crippen LogP contribution in [0.4, 0.5) is 35.1 Å². The number of amides is 1. The second-order valence-corrected chi connectivity index (χ2v) is 13.8. The normalized spacial score (nSPS) is 26.2. The molecule has 240 valence electrons. The summed E-state index contributed by atoms with van der Waals surface area (Å²) in [4.78, 5) is 26.3. The molecule has 1 saturated heterocycles. The zero-order valence-corrected chi connectivity index (χ0v) is 23.7. The summed E-state index contributed by atoms with van der Waals surface area (Å²) >= 11 is 0. The van der Waals surface area contributed by atoms with Gasteiger partial charge in [0, 0.05) is 18.0 Å². The van der Waals surface area contributed by atoms with E-state index in [2.05, 4.69) is 0 Å². The number of benzene rings is 2. The van der Waals surface area contributed by atoms with Gasteiger partial charge >= 0.3 is 24.0 Å². The van der Waals surface area contributed by atoms with E-state index in [1.54, 1.807) is 0 Å². The SMILES string of the molecule is O=C(O)C1CCCC(C(=O)N2CC[C@@]3(S(=O)(=O)c4ccc(F)cc4)c4ccc(C(F)(C(F)(F)F)C(F)(F)F)cc4CC[C@@H]23)C1. The first-order valence-electron chi connectivity index (χ1n) is 13.9. The number of alkyl halides is 7. The maximum atomic E-state index is 15.0. The van der Waals surface area contributed by atoms with Crippen LogP contribution in [0.1, 0.15) is 55.2 Å². The lowest BCUT2D eigenvalue weighted by atomic mass is 9.76. The molecule has 2 aromatic rings. The van der Waals surface area contributed by atoms with Gasteiger partial charge in [0.25, 0.3) is 0 Å². The van der Waals surface area contributed by atoms with Gasteiger partial charge in [0.05, 0.1) is 16.9 Å². The molecule has 1 heterocycles. The summed E-state index contributed by atoms with van der Waals surface area (Å²) in [7, 11) is -4.61. The summed E-state index contributed by atoms with van der Waals surface area (Å²) in [6, 6.07) is 3.98. The van der Waals surface area contributed by atoms with Crippen molar-refractivity contribution in [1.82, 2.24) is 4.90 Å². The molecule has 15 heteroatoms. The quantitative estimate of drug-likeness (QED) is 0.306. The first-order chi connectivity index (χ1) is 20.4. The fourth-order valence-corrected chi connectivity index (χ4v) is 9.56. The minimum atomic E-state index is -6.38. The molecule has 0 spiro atoms. The van der Waals surface area contributed by atoms with Crippen molar-refractivity contribution < 1.29 is 58.2 Å². The zero-order valence-electron chi connectivity index (χ0n) is 22.9. The topological polar surface area (TPSA) is 91.8 Å². The number of halogens is 8. The second-order valence-electron chi connectivity index (χ2n) is 11.6. The van der Waals surface area contributed by atoms with Crippen LogP contribution in [0.3, 0.4) is 0 Å². The van der Waals surface area contributed by atoms with Gasteiger partial charge in [-0.15, -0.1) is 0 Å². The number of carboxylic acid groups (broad SMARTS) is 1. The lowest BCUT2D eigenvalue weighted by Crippen LogP contribution is -2.54. The number of fused-ring (bicyclic) bond motifs is 3. The lowest BCUT2D eigenvalue weighted by molar-refractivity contribution is -0.348. The fraction of sp³-hybridized carbons (Fsp3) is 0.517. The smallest absolute Gasteiger partial charge is 0.435 e. The van der Waals surface area contributed by atoms with Crippen LogP contribution in [0.25, 0.3) is 0 Å². The van der Waals surface area contributed by atoms with Gasteiger partial charge in [0.1, 0.15) is 10.6 Å². The molecule has 2 aliphatic carbocycles. The van der Waals surface area contributed by atoms with E-state index in [4.69, 9.17) is 0 Å². The summed E-state index contributed by atoms with van der Waals surface area (Å²) in [5, 5.41) is 9.47. The van der Waals surface area contributed by atoms with Gasteiger partial charge in [-0.3, -0.25) is 9.59 Å². The molecular weight excluding hydrogens is 626 g/mol. The van der Waals surface area contributed by atoms with Gasteiger partial charge in [-0.25, -0.2) is 17.2 Å². The van der Waals surface area contributed by atoms with Crippen LogP contribution in [0.15, 0.2) is 47.4 Å². The van der Waals surface area contributed by atoms with Crippen molar-refractivity contribution in [2.24, 2.45) is 11.8 Å². The molecule has 1 N–H and O–H groups in total. The average Bonchev–Trinajstić information content (AvgIpc) is 3.37. The molecule has 0 radical (unpaired) electrons. The van der Waals surface area contributed by atoms with Crippen molar-refractivity contribution in [3.63, 3.8) is 0 Å². The highest BCUT2D eigenvalue weighted by Gasteiger charge is 2.74. The van der Waals surface area contributed by atoms with Gasteiger partial charge in [-0.05, 0) is 73.9 Å². The molecule has 6 nitrogen and oxygen atoms in total. The zero-order chi connectivity index (χ0) is 32.5. The number of carboxylic acids is 1. The summed E-state index contributed by atoms with van der Waals surface area (Å²) in [6.07, 6.45) is -12.3. The first-order valence-corrected chi connectivity index (χ1v) is 15.3. The van der Waals surface area contributed by atoms with E-state index in [0.717, 1.165) is 30.3 Å². The molecule has 4 atom stereocenters. The minimum absolute atomic E-state index is 0.0303. The number of hydrogen-bond donors (Lipinski definition) is 1. The summed E-state index contributed by atoms with van der Waals surface area (Å²) in [5.41, 5.74) is -7.90. The number of rotatable bonds is 5. The lowest BCUT2D eigenvalue weighted by Gasteiger charge is -2.44. The van der Waals surface area contributed by atoms with E-state index in [1.165, 1.54) is 4.90 Å². The number of aliphatic carboxylic acids is 1. The third-order valence-electron chi connectivity index (χ3n) is 9.33. The van der Waals surface area contributed by atoms with Crippen molar-refractivity contribution in [2.75, 3.05) is 6.54 Å². The average molecular weight is 654 g/mol. The van der Waals surface area contributed by atoms with E-state index < -0.39 is 73.7 Å². The largest absolute Gasteiger partial charge is 0.481 e. The number of sulfone groups is 1. The number of hydrogen-bond acceptors (Lipinski definition) is 4. The number of carbonyl (C=O) groups excluding carboxylic acids is 1. The summed E-state index contributed by atoms with van der Waals surface area (Å²) < 4.78 is 137. The molecule has 0 aromatic heterocycles. The predicted molar refractivity (Wildman–Crippen MR) is 138 cm³/mol. The maximum Gasteiger partial charge on any atom is 0.435 e. The van der Waals surface area contributed by atoms with Crippen LogP contribution >= 0.6 is 0 Å². The van der Waals surface area contributed by atoms with Crippen LogP contribution in [0.5, 0.6) is 0 Å². The Kier molecular flexibility index (Phi) is 7.82.